The Labute approximate surface area is 120 Å². The smallest absolute Gasteiger partial charge is 0.363 e. The highest BCUT2D eigenvalue weighted by Gasteiger charge is 2.42. The molecule has 2 rings (SSSR count). The van der Waals surface area contributed by atoms with Gasteiger partial charge in [0, 0.05) is 19.1 Å². The van der Waals surface area contributed by atoms with Gasteiger partial charge in [-0.15, -0.1) is 5.48 Å². The Bertz CT molecular complexity index is 494. The summed E-state index contributed by atoms with van der Waals surface area (Å²) >= 11 is 0. The Hall–Kier alpha value is -0.870. The van der Waals surface area contributed by atoms with E-state index in [4.69, 9.17) is 0 Å². The summed E-state index contributed by atoms with van der Waals surface area (Å²) in [5.74, 6) is -2.04. The Balaban J connectivity index is 1.75. The van der Waals surface area contributed by atoms with Crippen LogP contribution in [0.25, 0.3) is 0 Å². The van der Waals surface area contributed by atoms with Crippen molar-refractivity contribution in [3.05, 3.63) is 0 Å². The first-order chi connectivity index (χ1) is 9.68. The zero-order valence-corrected chi connectivity index (χ0v) is 12.0. The van der Waals surface area contributed by atoms with Crippen LogP contribution in [0.1, 0.15) is 25.7 Å². The van der Waals surface area contributed by atoms with Gasteiger partial charge in [0.05, 0.1) is 5.75 Å². The highest BCUT2D eigenvalue weighted by Crippen LogP contribution is 2.29. The Morgan fingerprint density at radius 2 is 2.05 bits per heavy atom. The normalized spacial score (nSPS) is 29.7. The maximum absolute atomic E-state index is 12.0. The van der Waals surface area contributed by atoms with Crippen molar-refractivity contribution in [2.45, 2.75) is 37.9 Å². The third-order valence-electron chi connectivity index (χ3n) is 3.76. The predicted molar refractivity (Wildman–Crippen MR) is 66.4 cm³/mol. The maximum atomic E-state index is 12.0. The number of rotatable bonds is 4. The van der Waals surface area contributed by atoms with Crippen LogP contribution in [0.4, 0.5) is 13.2 Å². The van der Waals surface area contributed by atoms with Crippen molar-refractivity contribution in [3.63, 3.8) is 0 Å². The number of sulfonamides is 1. The van der Waals surface area contributed by atoms with Crippen molar-refractivity contribution >= 4 is 16.0 Å². The molecule has 6 nitrogen and oxygen atoms in total. The topological polar surface area (TPSA) is 75.7 Å². The molecule has 0 aromatic carbocycles. The lowest BCUT2D eigenvalue weighted by atomic mass is 10.1. The van der Waals surface area contributed by atoms with Gasteiger partial charge in [0.25, 0.3) is 0 Å². The first-order valence-corrected chi connectivity index (χ1v) is 8.31. The summed E-state index contributed by atoms with van der Waals surface area (Å²) in [5.41, 5.74) is 2.13. The van der Waals surface area contributed by atoms with Gasteiger partial charge in [0.15, 0.2) is 0 Å². The van der Waals surface area contributed by atoms with Crippen molar-refractivity contribution in [3.8, 4) is 0 Å². The van der Waals surface area contributed by atoms with Gasteiger partial charge in [0.1, 0.15) is 0 Å². The Kier molecular flexibility index (Phi) is 4.79. The molecule has 122 valence electrons. The standard InChI is InChI=1S/C11H17F3N2O4S/c12-11(13,14)10(17)20-15-9-3-2-8(6-9)7-16-4-1-5-21(16,18)19/h8-9,15H,1-7H2/t8-,9+/m0/s1. The van der Waals surface area contributed by atoms with Crippen LogP contribution in [0.3, 0.4) is 0 Å². The van der Waals surface area contributed by atoms with E-state index >= 15 is 0 Å². The summed E-state index contributed by atoms with van der Waals surface area (Å²) in [4.78, 5) is 14.6. The number of hydroxylamine groups is 1. The minimum atomic E-state index is -5.02. The zero-order valence-electron chi connectivity index (χ0n) is 11.2. The molecule has 1 heterocycles. The van der Waals surface area contributed by atoms with Gasteiger partial charge in [-0.25, -0.2) is 17.5 Å². The third-order valence-corrected chi connectivity index (χ3v) is 5.68. The van der Waals surface area contributed by atoms with Crippen molar-refractivity contribution in [1.82, 2.24) is 9.79 Å². The van der Waals surface area contributed by atoms with Crippen molar-refractivity contribution in [2.75, 3.05) is 18.8 Å². The Morgan fingerprint density at radius 3 is 2.62 bits per heavy atom. The zero-order chi connectivity index (χ0) is 15.7. The molecule has 1 N–H and O–H groups in total. The van der Waals surface area contributed by atoms with E-state index in [1.54, 1.807) is 0 Å². The van der Waals surface area contributed by atoms with E-state index in [1.165, 1.54) is 4.31 Å². The second-order valence-corrected chi connectivity index (χ2v) is 7.50. The molecular weight excluding hydrogens is 313 g/mol. The van der Waals surface area contributed by atoms with Crippen LogP contribution in [0.2, 0.25) is 0 Å². The molecule has 0 radical (unpaired) electrons. The number of hydrogen-bond acceptors (Lipinski definition) is 5. The molecule has 10 heteroatoms. The van der Waals surface area contributed by atoms with Crippen molar-refractivity contribution < 1.29 is 31.2 Å². The molecule has 2 atom stereocenters. The lowest BCUT2D eigenvalue weighted by Crippen LogP contribution is -2.36. The van der Waals surface area contributed by atoms with Gasteiger partial charge in [-0.2, -0.15) is 13.2 Å². The lowest BCUT2D eigenvalue weighted by Gasteiger charge is -2.19. The molecule has 0 spiro atoms. The van der Waals surface area contributed by atoms with Gasteiger partial charge in [-0.3, -0.25) is 0 Å². The van der Waals surface area contributed by atoms with Gasteiger partial charge in [-0.05, 0) is 31.6 Å². The van der Waals surface area contributed by atoms with E-state index in [2.05, 4.69) is 10.3 Å². The summed E-state index contributed by atoms with van der Waals surface area (Å²) in [6.45, 7) is 0.883. The molecule has 1 saturated carbocycles. The quantitative estimate of drug-likeness (QED) is 0.772. The molecule has 1 aliphatic heterocycles. The van der Waals surface area contributed by atoms with Gasteiger partial charge in [0.2, 0.25) is 10.0 Å². The molecule has 0 aromatic rings. The highest BCUT2D eigenvalue weighted by atomic mass is 32.2. The molecule has 21 heavy (non-hydrogen) atoms. The molecule has 0 amide bonds. The highest BCUT2D eigenvalue weighted by molar-refractivity contribution is 7.89. The number of nitrogens with one attached hydrogen (secondary N) is 1. The predicted octanol–water partition coefficient (Wildman–Crippen LogP) is 0.801. The molecule has 2 aliphatic rings. The average Bonchev–Trinajstić information content (AvgIpc) is 2.93. The fourth-order valence-corrected chi connectivity index (χ4v) is 4.32. The SMILES string of the molecule is O=C(ON[C@@H]1CC[C@H](CN2CCCS2(=O)=O)C1)C(F)(F)F. The number of halogens is 3. The minimum absolute atomic E-state index is 0.0694. The number of nitrogens with zero attached hydrogens (tertiary/aromatic N) is 1. The third kappa shape index (κ3) is 4.30. The first kappa shape index (κ1) is 16.5. The van der Waals surface area contributed by atoms with Crippen LogP contribution < -0.4 is 5.48 Å². The van der Waals surface area contributed by atoms with Crippen LogP contribution in [0, 0.1) is 5.92 Å². The van der Waals surface area contributed by atoms with Gasteiger partial charge in [-0.1, -0.05) is 0 Å². The number of alkyl halides is 3. The van der Waals surface area contributed by atoms with Gasteiger partial charge < -0.3 is 4.84 Å². The largest absolute Gasteiger partial charge is 0.492 e. The fourth-order valence-electron chi connectivity index (χ4n) is 2.73. The summed E-state index contributed by atoms with van der Waals surface area (Å²) in [7, 11) is -3.16. The van der Waals surface area contributed by atoms with E-state index in [1.807, 2.05) is 0 Å². The van der Waals surface area contributed by atoms with Crippen LogP contribution in [0.5, 0.6) is 0 Å². The fraction of sp³-hybridized carbons (Fsp3) is 0.909. The van der Waals surface area contributed by atoms with Crippen molar-refractivity contribution in [2.24, 2.45) is 5.92 Å². The second kappa shape index (κ2) is 6.09. The first-order valence-electron chi connectivity index (χ1n) is 6.70. The van der Waals surface area contributed by atoms with E-state index < -0.39 is 22.2 Å². The maximum Gasteiger partial charge on any atom is 0.492 e. The van der Waals surface area contributed by atoms with E-state index in [-0.39, 0.29) is 17.7 Å². The monoisotopic (exact) mass is 330 g/mol. The average molecular weight is 330 g/mol. The molecule has 0 bridgehead atoms. The minimum Gasteiger partial charge on any atom is -0.363 e. The second-order valence-electron chi connectivity index (χ2n) is 5.41. The van der Waals surface area contributed by atoms with E-state index in [9.17, 15) is 26.4 Å². The molecule has 0 unspecified atom stereocenters. The van der Waals surface area contributed by atoms with Crippen LogP contribution >= 0.6 is 0 Å². The summed E-state index contributed by atoms with van der Waals surface area (Å²) < 4.78 is 60.7. The summed E-state index contributed by atoms with van der Waals surface area (Å²) in [5, 5.41) is 0. The van der Waals surface area contributed by atoms with Crippen LogP contribution in [0.15, 0.2) is 0 Å². The molecule has 1 saturated heterocycles. The molecular formula is C11H17F3N2O4S. The van der Waals surface area contributed by atoms with Crippen LogP contribution in [-0.2, 0) is 19.7 Å². The van der Waals surface area contributed by atoms with Gasteiger partial charge >= 0.3 is 12.1 Å². The van der Waals surface area contributed by atoms with Crippen molar-refractivity contribution in [1.29, 1.82) is 0 Å². The summed E-state index contributed by atoms with van der Waals surface area (Å²) in [6, 6.07) is -0.369. The molecule has 0 aromatic heterocycles. The Morgan fingerprint density at radius 1 is 1.33 bits per heavy atom. The van der Waals surface area contributed by atoms with E-state index in [0.717, 1.165) is 0 Å². The number of carbonyl (C=O) groups is 1. The lowest BCUT2D eigenvalue weighted by molar-refractivity contribution is -0.208. The molecule has 1 aliphatic carbocycles. The van der Waals surface area contributed by atoms with Crippen LogP contribution in [-0.4, -0.2) is 49.8 Å². The molecule has 2 fully saturated rings. The summed E-state index contributed by atoms with van der Waals surface area (Å²) in [6.07, 6.45) is -2.69. The number of carbonyl (C=O) groups excluding carboxylic acids is 1. The van der Waals surface area contributed by atoms with E-state index in [0.29, 0.717) is 38.8 Å². The number of hydrogen-bond donors (Lipinski definition) is 1.